The summed E-state index contributed by atoms with van der Waals surface area (Å²) in [5.74, 6) is 0.343. The fourth-order valence-electron chi connectivity index (χ4n) is 2.77. The lowest BCUT2D eigenvalue weighted by atomic mass is 10.0. The van der Waals surface area contributed by atoms with Gasteiger partial charge in [-0.25, -0.2) is 0 Å². The van der Waals surface area contributed by atoms with E-state index in [1.165, 1.54) is 0 Å². The largest absolute Gasteiger partial charge is 0.393 e. The first-order valence-corrected chi connectivity index (χ1v) is 7.56. The summed E-state index contributed by atoms with van der Waals surface area (Å²) in [5, 5.41) is 17.2. The van der Waals surface area contributed by atoms with E-state index in [2.05, 4.69) is 10.4 Å². The van der Waals surface area contributed by atoms with E-state index in [4.69, 9.17) is 0 Å². The van der Waals surface area contributed by atoms with E-state index >= 15 is 0 Å². The van der Waals surface area contributed by atoms with Crippen LogP contribution in [0.3, 0.4) is 0 Å². The standard InChI is InChI=1S/C15H25N3O2/c1-4-18-9-12(14(17-18)10(2)3)15(20)16-8-11-6-5-7-13(11)19/h9-11,13,19H,4-8H2,1-3H3,(H,16,20). The van der Waals surface area contributed by atoms with Gasteiger partial charge < -0.3 is 10.4 Å². The maximum atomic E-state index is 12.3. The second kappa shape index (κ2) is 6.39. The number of aliphatic hydroxyl groups excluding tert-OH is 1. The number of amides is 1. The van der Waals surface area contributed by atoms with Gasteiger partial charge in [-0.2, -0.15) is 5.10 Å². The molecule has 1 fully saturated rings. The zero-order valence-corrected chi connectivity index (χ0v) is 12.6. The Balaban J connectivity index is 2.03. The van der Waals surface area contributed by atoms with Crippen LogP contribution in [0.25, 0.3) is 0 Å². The SMILES string of the molecule is CCn1cc(C(=O)NCC2CCCC2O)c(C(C)C)n1. The zero-order valence-electron chi connectivity index (χ0n) is 12.6. The van der Waals surface area contributed by atoms with E-state index in [1.54, 1.807) is 4.68 Å². The van der Waals surface area contributed by atoms with Crippen LogP contribution in [0.5, 0.6) is 0 Å². The molecule has 0 spiro atoms. The molecule has 2 rings (SSSR count). The van der Waals surface area contributed by atoms with Crippen molar-refractivity contribution >= 4 is 5.91 Å². The van der Waals surface area contributed by atoms with Crippen LogP contribution in [-0.4, -0.2) is 33.4 Å². The highest BCUT2D eigenvalue weighted by atomic mass is 16.3. The molecule has 0 bridgehead atoms. The molecule has 1 saturated carbocycles. The molecule has 2 atom stereocenters. The molecule has 1 aliphatic rings. The number of nitrogens with one attached hydrogen (secondary N) is 1. The van der Waals surface area contributed by atoms with Gasteiger partial charge in [-0.05, 0) is 25.7 Å². The van der Waals surface area contributed by atoms with E-state index in [-0.39, 0.29) is 23.8 Å². The molecule has 1 aromatic heterocycles. The van der Waals surface area contributed by atoms with Crippen molar-refractivity contribution in [2.24, 2.45) is 5.92 Å². The lowest BCUT2D eigenvalue weighted by Crippen LogP contribution is -2.32. The lowest BCUT2D eigenvalue weighted by molar-refractivity contribution is 0.0915. The highest BCUT2D eigenvalue weighted by Gasteiger charge is 2.26. The summed E-state index contributed by atoms with van der Waals surface area (Å²) in [5.41, 5.74) is 1.51. The zero-order chi connectivity index (χ0) is 14.7. The average molecular weight is 279 g/mol. The summed E-state index contributed by atoms with van der Waals surface area (Å²) < 4.78 is 1.80. The van der Waals surface area contributed by atoms with Crippen molar-refractivity contribution in [3.63, 3.8) is 0 Å². The van der Waals surface area contributed by atoms with Crippen molar-refractivity contribution in [3.8, 4) is 0 Å². The second-order valence-electron chi connectivity index (χ2n) is 5.91. The van der Waals surface area contributed by atoms with Gasteiger partial charge in [-0.15, -0.1) is 0 Å². The van der Waals surface area contributed by atoms with Gasteiger partial charge in [0, 0.05) is 25.2 Å². The van der Waals surface area contributed by atoms with Crippen molar-refractivity contribution in [2.75, 3.05) is 6.54 Å². The predicted molar refractivity (Wildman–Crippen MR) is 77.7 cm³/mol. The summed E-state index contributed by atoms with van der Waals surface area (Å²) in [6, 6.07) is 0. The van der Waals surface area contributed by atoms with Crippen molar-refractivity contribution in [1.29, 1.82) is 0 Å². The molecule has 1 aromatic rings. The molecule has 5 heteroatoms. The normalized spacial score (nSPS) is 22.4. The molecule has 0 aromatic carbocycles. The number of hydrogen-bond donors (Lipinski definition) is 2. The minimum absolute atomic E-state index is 0.0764. The first-order chi connectivity index (χ1) is 9.52. The maximum Gasteiger partial charge on any atom is 0.254 e. The second-order valence-corrected chi connectivity index (χ2v) is 5.91. The fraction of sp³-hybridized carbons (Fsp3) is 0.733. The Morgan fingerprint density at radius 1 is 1.55 bits per heavy atom. The maximum absolute atomic E-state index is 12.3. The molecule has 112 valence electrons. The summed E-state index contributed by atoms with van der Waals surface area (Å²) in [6.45, 7) is 7.40. The molecule has 1 heterocycles. The third-order valence-electron chi connectivity index (χ3n) is 4.05. The summed E-state index contributed by atoms with van der Waals surface area (Å²) >= 11 is 0. The summed E-state index contributed by atoms with van der Waals surface area (Å²) in [4.78, 5) is 12.3. The van der Waals surface area contributed by atoms with E-state index in [9.17, 15) is 9.90 Å². The summed E-state index contributed by atoms with van der Waals surface area (Å²) in [7, 11) is 0. The lowest BCUT2D eigenvalue weighted by Gasteiger charge is -2.15. The molecule has 0 saturated heterocycles. The van der Waals surface area contributed by atoms with Gasteiger partial charge in [0.15, 0.2) is 0 Å². The highest BCUT2D eigenvalue weighted by molar-refractivity contribution is 5.95. The van der Waals surface area contributed by atoms with Crippen LogP contribution < -0.4 is 5.32 Å². The molecule has 5 nitrogen and oxygen atoms in total. The average Bonchev–Trinajstić information content (AvgIpc) is 3.02. The van der Waals surface area contributed by atoms with Crippen LogP contribution in [-0.2, 0) is 6.54 Å². The number of rotatable bonds is 5. The van der Waals surface area contributed by atoms with Gasteiger partial charge >= 0.3 is 0 Å². The molecule has 0 radical (unpaired) electrons. The molecule has 0 aliphatic heterocycles. The fourth-order valence-corrected chi connectivity index (χ4v) is 2.77. The minimum atomic E-state index is -0.266. The van der Waals surface area contributed by atoms with Crippen molar-refractivity contribution < 1.29 is 9.90 Å². The number of carbonyl (C=O) groups excluding carboxylic acids is 1. The first-order valence-electron chi connectivity index (χ1n) is 7.56. The Morgan fingerprint density at radius 2 is 2.30 bits per heavy atom. The quantitative estimate of drug-likeness (QED) is 0.865. The topological polar surface area (TPSA) is 67.2 Å². The smallest absolute Gasteiger partial charge is 0.254 e. The Labute approximate surface area is 120 Å². The van der Waals surface area contributed by atoms with Crippen LogP contribution in [0.1, 0.15) is 62.0 Å². The van der Waals surface area contributed by atoms with Crippen molar-refractivity contribution in [3.05, 3.63) is 17.5 Å². The minimum Gasteiger partial charge on any atom is -0.393 e. The number of carbonyl (C=O) groups is 1. The number of aliphatic hydroxyl groups is 1. The van der Waals surface area contributed by atoms with Crippen LogP contribution >= 0.6 is 0 Å². The number of aromatic nitrogens is 2. The molecule has 1 amide bonds. The number of aryl methyl sites for hydroxylation is 1. The van der Waals surface area contributed by atoms with Crippen LogP contribution in [0.4, 0.5) is 0 Å². The number of nitrogens with zero attached hydrogens (tertiary/aromatic N) is 2. The molecular weight excluding hydrogens is 254 g/mol. The van der Waals surface area contributed by atoms with Crippen LogP contribution in [0.2, 0.25) is 0 Å². The predicted octanol–water partition coefficient (Wildman–Crippen LogP) is 1.92. The Bertz CT molecular complexity index is 468. The Kier molecular flexibility index (Phi) is 4.81. The van der Waals surface area contributed by atoms with E-state index in [1.807, 2.05) is 27.0 Å². The third-order valence-corrected chi connectivity index (χ3v) is 4.05. The van der Waals surface area contributed by atoms with E-state index < -0.39 is 0 Å². The van der Waals surface area contributed by atoms with Crippen molar-refractivity contribution in [1.82, 2.24) is 15.1 Å². The molecule has 2 unspecified atom stereocenters. The monoisotopic (exact) mass is 279 g/mol. The van der Waals surface area contributed by atoms with Gasteiger partial charge in [-0.3, -0.25) is 9.48 Å². The summed E-state index contributed by atoms with van der Waals surface area (Å²) in [6.07, 6.45) is 4.44. The van der Waals surface area contributed by atoms with Crippen LogP contribution in [0, 0.1) is 5.92 Å². The molecule has 2 N–H and O–H groups in total. The van der Waals surface area contributed by atoms with E-state index in [0.717, 1.165) is 31.5 Å². The van der Waals surface area contributed by atoms with Gasteiger partial charge in [-0.1, -0.05) is 20.3 Å². The van der Waals surface area contributed by atoms with E-state index in [0.29, 0.717) is 12.1 Å². The van der Waals surface area contributed by atoms with Gasteiger partial charge in [0.1, 0.15) is 0 Å². The Hall–Kier alpha value is -1.36. The number of hydrogen-bond acceptors (Lipinski definition) is 3. The van der Waals surface area contributed by atoms with Crippen molar-refractivity contribution in [2.45, 2.75) is 58.6 Å². The van der Waals surface area contributed by atoms with Crippen LogP contribution in [0.15, 0.2) is 6.20 Å². The van der Waals surface area contributed by atoms with Gasteiger partial charge in [0.25, 0.3) is 5.91 Å². The highest BCUT2D eigenvalue weighted by Crippen LogP contribution is 2.25. The van der Waals surface area contributed by atoms with Gasteiger partial charge in [0.05, 0.1) is 17.4 Å². The Morgan fingerprint density at radius 3 is 2.85 bits per heavy atom. The third kappa shape index (κ3) is 3.20. The van der Waals surface area contributed by atoms with Gasteiger partial charge in [0.2, 0.25) is 0 Å². The molecule has 1 aliphatic carbocycles. The molecular formula is C15H25N3O2. The first kappa shape index (κ1) is 15.0. The molecule has 20 heavy (non-hydrogen) atoms.